The van der Waals surface area contributed by atoms with Crippen LogP contribution in [0.2, 0.25) is 38.3 Å². The molecule has 1 aliphatic rings. The van der Waals surface area contributed by atoms with Crippen molar-refractivity contribution in [2.45, 2.75) is 69.1 Å². The minimum Gasteiger partial charge on any atom is -0.107 e. The van der Waals surface area contributed by atoms with Crippen molar-refractivity contribution in [1.82, 2.24) is 0 Å². The van der Waals surface area contributed by atoms with Crippen molar-refractivity contribution >= 4 is 24.1 Å². The fourth-order valence-electron chi connectivity index (χ4n) is 3.69. The standard InChI is InChI=1S/C16H33PSi2/c1-16(2,3)17(4)15(18(5,6)7)19(8,9)14-12-10-11-13-14/h10-15H,1-9H3. The highest BCUT2D eigenvalue weighted by molar-refractivity contribution is 7.66. The molecule has 3 heteroatoms. The molecule has 110 valence electrons. The third-order valence-electron chi connectivity index (χ3n) is 4.58. The maximum atomic E-state index is 2.64. The lowest BCUT2D eigenvalue weighted by Gasteiger charge is -2.50. The highest BCUT2D eigenvalue weighted by Gasteiger charge is 2.49. The van der Waals surface area contributed by atoms with Crippen LogP contribution in [0.25, 0.3) is 0 Å². The zero-order chi connectivity index (χ0) is 15.1. The SMILES string of the molecule is CP(C([Si](C)(C)C)[Si](C)(C)C1C=CC=C1)C(C)(C)C. The van der Waals surface area contributed by atoms with E-state index in [0.717, 1.165) is 10.4 Å². The van der Waals surface area contributed by atoms with Crippen molar-refractivity contribution < 1.29 is 0 Å². The maximum Gasteiger partial charge on any atom is 0.0635 e. The Labute approximate surface area is 124 Å². The Bertz CT molecular complexity index is 357. The Hall–Kier alpha value is 0.344. The van der Waals surface area contributed by atoms with Crippen LogP contribution in [0, 0.1) is 0 Å². The summed E-state index contributed by atoms with van der Waals surface area (Å²) in [5.41, 5.74) is 0.761. The average Bonchev–Trinajstić information content (AvgIpc) is 2.65. The first-order valence-electron chi connectivity index (χ1n) is 7.46. The number of hydrogen-bond acceptors (Lipinski definition) is 0. The van der Waals surface area contributed by atoms with Crippen molar-refractivity contribution in [1.29, 1.82) is 0 Å². The van der Waals surface area contributed by atoms with Gasteiger partial charge >= 0.3 is 0 Å². The van der Waals surface area contributed by atoms with Gasteiger partial charge in [0.05, 0.1) is 8.07 Å². The van der Waals surface area contributed by atoms with Gasteiger partial charge in [0, 0.05) is 8.07 Å². The topological polar surface area (TPSA) is 0 Å². The molecule has 0 aliphatic heterocycles. The number of hydrogen-bond donors (Lipinski definition) is 0. The molecule has 0 heterocycles. The van der Waals surface area contributed by atoms with E-state index >= 15 is 0 Å². The van der Waals surface area contributed by atoms with E-state index in [-0.39, 0.29) is 7.92 Å². The Morgan fingerprint density at radius 3 is 1.68 bits per heavy atom. The Morgan fingerprint density at radius 2 is 1.37 bits per heavy atom. The van der Waals surface area contributed by atoms with Gasteiger partial charge in [0.1, 0.15) is 0 Å². The van der Waals surface area contributed by atoms with Crippen molar-refractivity contribution in [2.75, 3.05) is 6.66 Å². The summed E-state index contributed by atoms with van der Waals surface area (Å²) in [6, 6.07) is 0. The fourth-order valence-corrected chi connectivity index (χ4v) is 27.0. The molecule has 19 heavy (non-hydrogen) atoms. The molecule has 1 aliphatic carbocycles. The van der Waals surface area contributed by atoms with Gasteiger partial charge in [-0.1, -0.05) is 77.8 Å². The summed E-state index contributed by atoms with van der Waals surface area (Å²) in [5.74, 6) is 0. The maximum absolute atomic E-state index is 2.64. The average molecular weight is 313 g/mol. The van der Waals surface area contributed by atoms with E-state index in [0.29, 0.717) is 5.16 Å². The predicted molar refractivity (Wildman–Crippen MR) is 99.2 cm³/mol. The van der Waals surface area contributed by atoms with Gasteiger partial charge < -0.3 is 0 Å². The van der Waals surface area contributed by atoms with Crippen molar-refractivity contribution in [3.05, 3.63) is 24.3 Å². The van der Waals surface area contributed by atoms with Crippen LogP contribution in [-0.4, -0.2) is 32.9 Å². The first-order valence-corrected chi connectivity index (χ1v) is 16.1. The first-order chi connectivity index (χ1) is 8.38. The normalized spacial score (nSPS) is 20.9. The van der Waals surface area contributed by atoms with Gasteiger partial charge in [-0.05, 0) is 22.3 Å². The molecule has 0 amide bonds. The van der Waals surface area contributed by atoms with Crippen LogP contribution in [0.1, 0.15) is 20.8 Å². The molecular weight excluding hydrogens is 279 g/mol. The van der Waals surface area contributed by atoms with Crippen LogP contribution in [-0.2, 0) is 0 Å². The van der Waals surface area contributed by atoms with Crippen molar-refractivity contribution in [2.24, 2.45) is 0 Å². The molecule has 0 bridgehead atoms. The van der Waals surface area contributed by atoms with Crippen LogP contribution in [0.15, 0.2) is 24.3 Å². The zero-order valence-corrected chi connectivity index (χ0v) is 17.3. The minimum atomic E-state index is -1.29. The van der Waals surface area contributed by atoms with Gasteiger partial charge in [-0.25, -0.2) is 0 Å². The number of rotatable bonds is 4. The molecule has 0 saturated heterocycles. The Kier molecular flexibility index (Phi) is 5.14. The molecule has 0 N–H and O–H groups in total. The lowest BCUT2D eigenvalue weighted by atomic mass is 10.3. The molecule has 0 aromatic rings. The summed E-state index contributed by atoms with van der Waals surface area (Å²) in [5, 5.41) is 0.483. The molecule has 1 rings (SSSR count). The molecule has 0 saturated carbocycles. The minimum absolute atomic E-state index is 0.0784. The van der Waals surface area contributed by atoms with Crippen LogP contribution in [0.3, 0.4) is 0 Å². The third kappa shape index (κ3) is 3.92. The largest absolute Gasteiger partial charge is 0.107 e. The molecule has 0 fully saturated rings. The smallest absolute Gasteiger partial charge is 0.0635 e. The van der Waals surface area contributed by atoms with Crippen LogP contribution in [0.5, 0.6) is 0 Å². The van der Waals surface area contributed by atoms with Crippen molar-refractivity contribution in [3.8, 4) is 0 Å². The summed E-state index contributed by atoms with van der Waals surface area (Å²) in [6.45, 7) is 23.0. The summed E-state index contributed by atoms with van der Waals surface area (Å²) >= 11 is 0. The van der Waals surface area contributed by atoms with Crippen LogP contribution < -0.4 is 0 Å². The summed E-state index contributed by atoms with van der Waals surface area (Å²) < 4.78 is 0. The van der Waals surface area contributed by atoms with E-state index in [1.807, 2.05) is 0 Å². The third-order valence-corrected chi connectivity index (χ3v) is 24.1. The van der Waals surface area contributed by atoms with E-state index in [4.69, 9.17) is 0 Å². The van der Waals surface area contributed by atoms with Gasteiger partial charge in [-0.15, -0.1) is 7.92 Å². The Balaban J connectivity index is 3.18. The van der Waals surface area contributed by atoms with Crippen molar-refractivity contribution in [3.63, 3.8) is 0 Å². The lowest BCUT2D eigenvalue weighted by Crippen LogP contribution is -2.57. The van der Waals surface area contributed by atoms with Gasteiger partial charge in [0.15, 0.2) is 0 Å². The van der Waals surface area contributed by atoms with Crippen LogP contribution >= 0.6 is 7.92 Å². The number of allylic oxidation sites excluding steroid dienone is 4. The van der Waals surface area contributed by atoms with E-state index in [1.165, 1.54) is 0 Å². The van der Waals surface area contributed by atoms with E-state index in [1.54, 1.807) is 0 Å². The summed E-state index contributed by atoms with van der Waals surface area (Å²) in [6.07, 6.45) is 9.45. The predicted octanol–water partition coefficient (Wildman–Crippen LogP) is 5.89. The summed E-state index contributed by atoms with van der Waals surface area (Å²) in [4.78, 5) is 1.02. The molecular formula is C16H33PSi2. The van der Waals surface area contributed by atoms with Gasteiger partial charge in [0.2, 0.25) is 0 Å². The van der Waals surface area contributed by atoms with E-state index in [2.05, 4.69) is 84.5 Å². The lowest BCUT2D eigenvalue weighted by molar-refractivity contribution is 0.784. The second-order valence-electron chi connectivity index (χ2n) is 8.67. The monoisotopic (exact) mass is 312 g/mol. The van der Waals surface area contributed by atoms with Gasteiger partial charge in [-0.2, -0.15) is 0 Å². The highest BCUT2D eigenvalue weighted by Crippen LogP contribution is 2.58. The molecule has 2 unspecified atom stereocenters. The molecule has 0 nitrogen and oxygen atoms in total. The first kappa shape index (κ1) is 17.4. The molecule has 0 aromatic heterocycles. The molecule has 0 spiro atoms. The Morgan fingerprint density at radius 1 is 0.947 bits per heavy atom. The van der Waals surface area contributed by atoms with Gasteiger partial charge in [-0.3, -0.25) is 0 Å². The molecule has 0 aromatic carbocycles. The molecule has 2 atom stereocenters. The van der Waals surface area contributed by atoms with E-state index in [9.17, 15) is 0 Å². The fraction of sp³-hybridized carbons (Fsp3) is 0.750. The highest BCUT2D eigenvalue weighted by atomic mass is 31.1. The zero-order valence-electron chi connectivity index (χ0n) is 14.4. The second-order valence-corrected chi connectivity index (χ2v) is 23.5. The summed E-state index contributed by atoms with van der Waals surface area (Å²) in [7, 11) is -2.35. The quantitative estimate of drug-likeness (QED) is 0.449. The van der Waals surface area contributed by atoms with E-state index < -0.39 is 16.1 Å². The second kappa shape index (κ2) is 5.62. The van der Waals surface area contributed by atoms with Gasteiger partial charge in [0.25, 0.3) is 0 Å². The molecule has 0 radical (unpaired) electrons. The van der Waals surface area contributed by atoms with Crippen LogP contribution in [0.4, 0.5) is 0 Å².